The maximum Gasteiger partial charge on any atom is 0.328 e. The quantitative estimate of drug-likeness (QED) is 0.763. The Kier molecular flexibility index (Phi) is 5.09. The maximum atomic E-state index is 13.4. The van der Waals surface area contributed by atoms with E-state index in [0.717, 1.165) is 11.6 Å². The molecule has 7 nitrogen and oxygen atoms in total. The number of aliphatic carboxylic acids is 1. The van der Waals surface area contributed by atoms with Crippen LogP contribution in [-0.2, 0) is 21.2 Å². The van der Waals surface area contributed by atoms with E-state index in [1.807, 2.05) is 12.1 Å². The zero-order chi connectivity index (χ0) is 19.6. The van der Waals surface area contributed by atoms with Crippen LogP contribution in [0.15, 0.2) is 47.4 Å². The van der Waals surface area contributed by atoms with Crippen LogP contribution >= 0.6 is 0 Å². The van der Waals surface area contributed by atoms with Crippen LogP contribution in [0.25, 0.3) is 6.08 Å². The molecule has 2 aromatic rings. The lowest BCUT2D eigenvalue weighted by atomic mass is 10.2. The molecule has 3 rings (SSSR count). The van der Waals surface area contributed by atoms with Gasteiger partial charge in [0.05, 0.1) is 19.9 Å². The second-order valence-electron chi connectivity index (χ2n) is 5.88. The van der Waals surface area contributed by atoms with Crippen molar-refractivity contribution in [1.82, 2.24) is 0 Å². The van der Waals surface area contributed by atoms with Gasteiger partial charge < -0.3 is 14.6 Å². The van der Waals surface area contributed by atoms with Gasteiger partial charge in [-0.1, -0.05) is 18.2 Å². The predicted octanol–water partition coefficient (Wildman–Crippen LogP) is 2.55. The van der Waals surface area contributed by atoms with E-state index < -0.39 is 16.0 Å². The predicted molar refractivity (Wildman–Crippen MR) is 101 cm³/mol. The van der Waals surface area contributed by atoms with E-state index >= 15 is 0 Å². The summed E-state index contributed by atoms with van der Waals surface area (Å²) in [6.07, 6.45) is 2.86. The number of fused-ring (bicyclic) bond motifs is 1. The highest BCUT2D eigenvalue weighted by molar-refractivity contribution is 7.93. The van der Waals surface area contributed by atoms with Crippen LogP contribution in [0.3, 0.4) is 0 Å². The standard InChI is InChI=1S/C19H19NO6S/c1-25-16-11-13(7-8-18(21)22)12-17(19(16)26-2)27(23,24)20-10-9-14-5-3-4-6-15(14)20/h3-8,11-12H,9-10H2,1-2H3,(H,21,22)/b8-7+. The molecule has 0 aromatic heterocycles. The number of benzene rings is 2. The third-order valence-electron chi connectivity index (χ3n) is 4.30. The molecule has 0 atom stereocenters. The number of sulfonamides is 1. The molecule has 0 saturated carbocycles. The van der Waals surface area contributed by atoms with Gasteiger partial charge in [-0.3, -0.25) is 4.31 Å². The molecular weight excluding hydrogens is 370 g/mol. The lowest BCUT2D eigenvalue weighted by molar-refractivity contribution is -0.131. The van der Waals surface area contributed by atoms with Gasteiger partial charge in [-0.05, 0) is 41.8 Å². The molecule has 0 saturated heterocycles. The molecule has 0 aliphatic carbocycles. The second kappa shape index (κ2) is 7.32. The van der Waals surface area contributed by atoms with E-state index in [0.29, 0.717) is 24.2 Å². The summed E-state index contributed by atoms with van der Waals surface area (Å²) < 4.78 is 38.7. The summed E-state index contributed by atoms with van der Waals surface area (Å²) in [5.74, 6) is -0.854. The third kappa shape index (κ3) is 3.48. The van der Waals surface area contributed by atoms with Crippen LogP contribution in [0, 0.1) is 0 Å². The minimum Gasteiger partial charge on any atom is -0.493 e. The summed E-state index contributed by atoms with van der Waals surface area (Å²) in [7, 11) is -1.19. The molecule has 8 heteroatoms. The van der Waals surface area contributed by atoms with E-state index in [-0.39, 0.29) is 16.4 Å². The van der Waals surface area contributed by atoms with Crippen molar-refractivity contribution >= 4 is 27.8 Å². The molecule has 142 valence electrons. The molecule has 1 N–H and O–H groups in total. The fourth-order valence-corrected chi connectivity index (χ4v) is 4.79. The molecule has 27 heavy (non-hydrogen) atoms. The number of carbonyl (C=O) groups is 1. The van der Waals surface area contributed by atoms with Crippen molar-refractivity contribution in [2.45, 2.75) is 11.3 Å². The van der Waals surface area contributed by atoms with Gasteiger partial charge in [0.15, 0.2) is 11.5 Å². The fraction of sp³-hybridized carbons (Fsp3) is 0.211. The molecule has 0 bridgehead atoms. The van der Waals surface area contributed by atoms with Crippen LogP contribution in [0.2, 0.25) is 0 Å². The van der Waals surface area contributed by atoms with E-state index in [1.54, 1.807) is 12.1 Å². The first kappa shape index (κ1) is 18.8. The first-order valence-electron chi connectivity index (χ1n) is 8.16. The largest absolute Gasteiger partial charge is 0.493 e. The van der Waals surface area contributed by atoms with Gasteiger partial charge in [0, 0.05) is 12.6 Å². The van der Waals surface area contributed by atoms with Crippen molar-refractivity contribution in [3.63, 3.8) is 0 Å². The number of hydrogen-bond donors (Lipinski definition) is 1. The summed E-state index contributed by atoms with van der Waals surface area (Å²) >= 11 is 0. The fourth-order valence-electron chi connectivity index (χ4n) is 3.08. The molecule has 0 unspecified atom stereocenters. The average Bonchev–Trinajstić information content (AvgIpc) is 3.10. The van der Waals surface area contributed by atoms with Crippen molar-refractivity contribution in [2.24, 2.45) is 0 Å². The number of carboxylic acids is 1. The first-order valence-corrected chi connectivity index (χ1v) is 9.60. The van der Waals surface area contributed by atoms with E-state index in [4.69, 9.17) is 14.6 Å². The van der Waals surface area contributed by atoms with Crippen molar-refractivity contribution < 1.29 is 27.8 Å². The molecule has 0 amide bonds. The van der Waals surface area contributed by atoms with Crippen molar-refractivity contribution in [3.05, 3.63) is 53.6 Å². The van der Waals surface area contributed by atoms with Gasteiger partial charge in [-0.15, -0.1) is 0 Å². The number of carboxylic acid groups (broad SMARTS) is 1. The van der Waals surface area contributed by atoms with E-state index in [2.05, 4.69) is 0 Å². The Hall–Kier alpha value is -3.00. The minimum atomic E-state index is -3.94. The van der Waals surface area contributed by atoms with Crippen LogP contribution in [-0.4, -0.2) is 40.3 Å². The SMILES string of the molecule is COc1cc(/C=C/C(=O)O)cc(S(=O)(=O)N2CCc3ccccc32)c1OC. The van der Waals surface area contributed by atoms with Crippen molar-refractivity contribution in [1.29, 1.82) is 0 Å². The summed E-state index contributed by atoms with van der Waals surface area (Å²) in [6, 6.07) is 10.2. The number of rotatable bonds is 6. The zero-order valence-electron chi connectivity index (χ0n) is 14.9. The van der Waals surface area contributed by atoms with E-state index in [9.17, 15) is 13.2 Å². The highest BCUT2D eigenvalue weighted by Crippen LogP contribution is 2.40. The lowest BCUT2D eigenvalue weighted by Gasteiger charge is -2.22. The van der Waals surface area contributed by atoms with Crippen LogP contribution < -0.4 is 13.8 Å². The average molecular weight is 389 g/mol. The topological polar surface area (TPSA) is 93.1 Å². The Balaban J connectivity index is 2.17. The van der Waals surface area contributed by atoms with Crippen molar-refractivity contribution in [2.75, 3.05) is 25.1 Å². The number of ether oxygens (including phenoxy) is 2. The Morgan fingerprint density at radius 2 is 1.93 bits per heavy atom. The molecule has 0 spiro atoms. The van der Waals surface area contributed by atoms with E-state index in [1.165, 1.54) is 36.7 Å². The minimum absolute atomic E-state index is 0.0777. The van der Waals surface area contributed by atoms with Gasteiger partial charge in [-0.25, -0.2) is 13.2 Å². The van der Waals surface area contributed by atoms with Gasteiger partial charge in [-0.2, -0.15) is 0 Å². The highest BCUT2D eigenvalue weighted by atomic mass is 32.2. The Labute approximate surface area is 157 Å². The van der Waals surface area contributed by atoms with Gasteiger partial charge in [0.25, 0.3) is 10.0 Å². The molecule has 1 aliphatic heterocycles. The number of anilines is 1. The van der Waals surface area contributed by atoms with Gasteiger partial charge in [0.2, 0.25) is 0 Å². The molecule has 1 heterocycles. The molecule has 0 fully saturated rings. The molecular formula is C19H19NO6S. The number of hydrogen-bond acceptors (Lipinski definition) is 5. The zero-order valence-corrected chi connectivity index (χ0v) is 15.7. The third-order valence-corrected chi connectivity index (χ3v) is 6.12. The van der Waals surface area contributed by atoms with Gasteiger partial charge >= 0.3 is 5.97 Å². The normalized spacial score (nSPS) is 13.6. The molecule has 2 aromatic carbocycles. The Morgan fingerprint density at radius 1 is 1.19 bits per heavy atom. The van der Waals surface area contributed by atoms with Crippen molar-refractivity contribution in [3.8, 4) is 11.5 Å². The first-order chi connectivity index (χ1) is 12.9. The number of nitrogens with zero attached hydrogens (tertiary/aromatic N) is 1. The lowest BCUT2D eigenvalue weighted by Crippen LogP contribution is -2.29. The van der Waals surface area contributed by atoms with Crippen LogP contribution in [0.5, 0.6) is 11.5 Å². The number of para-hydroxylation sites is 1. The molecule has 1 aliphatic rings. The second-order valence-corrected chi connectivity index (χ2v) is 7.71. The highest BCUT2D eigenvalue weighted by Gasteiger charge is 2.34. The summed E-state index contributed by atoms with van der Waals surface area (Å²) in [5.41, 5.74) is 1.96. The smallest absolute Gasteiger partial charge is 0.328 e. The summed E-state index contributed by atoms with van der Waals surface area (Å²) in [4.78, 5) is 10.7. The summed E-state index contributed by atoms with van der Waals surface area (Å²) in [5, 5.41) is 8.84. The monoisotopic (exact) mass is 389 g/mol. The Bertz CT molecular complexity index is 1010. The Morgan fingerprint density at radius 3 is 2.59 bits per heavy atom. The molecule has 0 radical (unpaired) electrons. The van der Waals surface area contributed by atoms with Crippen LogP contribution in [0.1, 0.15) is 11.1 Å². The maximum absolute atomic E-state index is 13.4. The number of methoxy groups -OCH3 is 2. The van der Waals surface area contributed by atoms with Gasteiger partial charge in [0.1, 0.15) is 4.90 Å². The van der Waals surface area contributed by atoms with Crippen LogP contribution in [0.4, 0.5) is 5.69 Å². The summed E-state index contributed by atoms with van der Waals surface area (Å²) in [6.45, 7) is 0.322.